The predicted octanol–water partition coefficient (Wildman–Crippen LogP) is 3.06. The van der Waals surface area contributed by atoms with Crippen molar-refractivity contribution in [2.45, 2.75) is 12.8 Å². The number of ether oxygens (including phenoxy) is 1. The number of hydrogen-bond donors (Lipinski definition) is 2. The Labute approximate surface area is 147 Å². The first-order valence-corrected chi connectivity index (χ1v) is 7.95. The molecule has 2 aromatic carbocycles. The lowest BCUT2D eigenvalue weighted by Gasteiger charge is -2.06. The summed E-state index contributed by atoms with van der Waals surface area (Å²) in [6.45, 7) is 0.487. The van der Waals surface area contributed by atoms with Crippen molar-refractivity contribution in [1.82, 2.24) is 5.32 Å². The molecule has 0 bridgehead atoms. The summed E-state index contributed by atoms with van der Waals surface area (Å²) in [5.74, 6) is -0.135. The van der Waals surface area contributed by atoms with Crippen LogP contribution < -0.4 is 10.1 Å². The van der Waals surface area contributed by atoms with Gasteiger partial charge in [-0.1, -0.05) is 36.4 Å². The number of rotatable bonds is 7. The summed E-state index contributed by atoms with van der Waals surface area (Å²) in [7, 11) is 1.45. The van der Waals surface area contributed by atoms with E-state index in [-0.39, 0.29) is 11.3 Å². The van der Waals surface area contributed by atoms with Gasteiger partial charge in [0, 0.05) is 6.54 Å². The fourth-order valence-electron chi connectivity index (χ4n) is 2.35. The second-order valence-corrected chi connectivity index (χ2v) is 5.45. The Morgan fingerprint density at radius 1 is 1.28 bits per heavy atom. The number of phenolic OH excluding ortho intramolecular Hbond substituents is 1. The average molecular weight is 336 g/mol. The number of carbonyl (C=O) groups excluding carboxylic acids is 1. The summed E-state index contributed by atoms with van der Waals surface area (Å²) < 4.78 is 4.97. The average Bonchev–Trinajstić information content (AvgIpc) is 2.64. The zero-order valence-electron chi connectivity index (χ0n) is 14.0. The molecular weight excluding hydrogens is 316 g/mol. The number of aromatic hydroxyl groups is 1. The van der Waals surface area contributed by atoms with Gasteiger partial charge in [-0.25, -0.2) is 0 Å². The van der Waals surface area contributed by atoms with E-state index in [4.69, 9.17) is 4.74 Å². The molecule has 0 aliphatic heterocycles. The zero-order chi connectivity index (χ0) is 18.1. The first-order chi connectivity index (χ1) is 12.1. The fraction of sp³-hybridized carbons (Fsp3) is 0.200. The highest BCUT2D eigenvalue weighted by Gasteiger charge is 2.09. The van der Waals surface area contributed by atoms with Crippen molar-refractivity contribution < 1.29 is 14.6 Å². The molecule has 0 aliphatic rings. The van der Waals surface area contributed by atoms with E-state index >= 15 is 0 Å². The van der Waals surface area contributed by atoms with E-state index in [9.17, 15) is 15.2 Å². The number of aryl methyl sites for hydroxylation is 1. The number of benzene rings is 2. The topological polar surface area (TPSA) is 82.3 Å². The second-order valence-electron chi connectivity index (χ2n) is 5.45. The fourth-order valence-corrected chi connectivity index (χ4v) is 2.35. The Bertz CT molecular complexity index is 792. The minimum Gasteiger partial charge on any atom is -0.504 e. The summed E-state index contributed by atoms with van der Waals surface area (Å²) in [5, 5.41) is 21.7. The Morgan fingerprint density at radius 2 is 2.04 bits per heavy atom. The maximum absolute atomic E-state index is 12.1. The maximum atomic E-state index is 12.1. The Balaban J connectivity index is 1.92. The zero-order valence-corrected chi connectivity index (χ0v) is 14.0. The van der Waals surface area contributed by atoms with Crippen LogP contribution in [-0.2, 0) is 11.2 Å². The minimum absolute atomic E-state index is 0.00993. The quantitative estimate of drug-likeness (QED) is 0.462. The van der Waals surface area contributed by atoms with Gasteiger partial charge in [0.25, 0.3) is 5.91 Å². The van der Waals surface area contributed by atoms with Crippen LogP contribution in [0.3, 0.4) is 0 Å². The van der Waals surface area contributed by atoms with Crippen molar-refractivity contribution in [2.75, 3.05) is 13.7 Å². The molecule has 0 atom stereocenters. The molecule has 0 heterocycles. The van der Waals surface area contributed by atoms with Crippen LogP contribution >= 0.6 is 0 Å². The molecule has 2 aromatic rings. The first-order valence-electron chi connectivity index (χ1n) is 7.95. The van der Waals surface area contributed by atoms with Crippen molar-refractivity contribution in [3.63, 3.8) is 0 Å². The van der Waals surface area contributed by atoms with Gasteiger partial charge in [-0.05, 0) is 42.2 Å². The SMILES string of the molecule is COc1ccc(/C=C(/C#N)C(=O)NCCCc2ccccc2)cc1O. The minimum atomic E-state index is -0.425. The predicted molar refractivity (Wildman–Crippen MR) is 96.0 cm³/mol. The van der Waals surface area contributed by atoms with E-state index in [1.807, 2.05) is 36.4 Å². The van der Waals surface area contributed by atoms with Gasteiger partial charge < -0.3 is 15.2 Å². The summed E-state index contributed by atoms with van der Waals surface area (Å²) in [6.07, 6.45) is 3.09. The number of hydrogen-bond acceptors (Lipinski definition) is 4. The third kappa shape index (κ3) is 5.40. The van der Waals surface area contributed by atoms with Gasteiger partial charge in [0.05, 0.1) is 7.11 Å². The monoisotopic (exact) mass is 336 g/mol. The van der Waals surface area contributed by atoms with Gasteiger partial charge in [-0.15, -0.1) is 0 Å². The van der Waals surface area contributed by atoms with Crippen LogP contribution in [0.15, 0.2) is 54.1 Å². The lowest BCUT2D eigenvalue weighted by molar-refractivity contribution is -0.117. The number of methoxy groups -OCH3 is 1. The molecule has 25 heavy (non-hydrogen) atoms. The maximum Gasteiger partial charge on any atom is 0.261 e. The Kier molecular flexibility index (Phi) is 6.61. The molecule has 0 aromatic heterocycles. The third-order valence-corrected chi connectivity index (χ3v) is 3.65. The number of amides is 1. The molecule has 0 spiro atoms. The van der Waals surface area contributed by atoms with Gasteiger partial charge in [0.15, 0.2) is 11.5 Å². The molecule has 128 valence electrons. The van der Waals surface area contributed by atoms with E-state index in [1.165, 1.54) is 24.8 Å². The highest BCUT2D eigenvalue weighted by atomic mass is 16.5. The molecule has 0 radical (unpaired) electrons. The highest BCUT2D eigenvalue weighted by Crippen LogP contribution is 2.27. The van der Waals surface area contributed by atoms with Crippen LogP contribution in [0.25, 0.3) is 6.08 Å². The van der Waals surface area contributed by atoms with Gasteiger partial charge in [-0.3, -0.25) is 4.79 Å². The summed E-state index contributed by atoms with van der Waals surface area (Å²) >= 11 is 0. The van der Waals surface area contributed by atoms with Crippen LogP contribution in [0.4, 0.5) is 0 Å². The largest absolute Gasteiger partial charge is 0.504 e. The van der Waals surface area contributed by atoms with Crippen LogP contribution in [0, 0.1) is 11.3 Å². The Hall–Kier alpha value is -3.26. The summed E-state index contributed by atoms with van der Waals surface area (Å²) in [4.78, 5) is 12.1. The molecule has 1 amide bonds. The van der Waals surface area contributed by atoms with Crippen molar-refractivity contribution in [3.8, 4) is 17.6 Å². The van der Waals surface area contributed by atoms with Crippen molar-refractivity contribution in [2.24, 2.45) is 0 Å². The van der Waals surface area contributed by atoms with Gasteiger partial charge >= 0.3 is 0 Å². The van der Waals surface area contributed by atoms with E-state index in [0.29, 0.717) is 17.9 Å². The highest BCUT2D eigenvalue weighted by molar-refractivity contribution is 6.01. The first kappa shape index (κ1) is 18.1. The molecule has 2 N–H and O–H groups in total. The van der Waals surface area contributed by atoms with Crippen LogP contribution in [-0.4, -0.2) is 24.7 Å². The van der Waals surface area contributed by atoms with E-state index < -0.39 is 5.91 Å². The molecule has 5 nitrogen and oxygen atoms in total. The molecular formula is C20H20N2O3. The van der Waals surface area contributed by atoms with E-state index in [0.717, 1.165) is 12.8 Å². The molecule has 5 heteroatoms. The second kappa shape index (κ2) is 9.14. The standard InChI is InChI=1S/C20H20N2O3/c1-25-19-10-9-16(13-18(19)23)12-17(14-21)20(24)22-11-5-8-15-6-3-2-4-7-15/h2-4,6-7,9-10,12-13,23H,5,8,11H2,1H3,(H,22,24)/b17-12-. The van der Waals surface area contributed by atoms with Crippen molar-refractivity contribution in [1.29, 1.82) is 5.26 Å². The van der Waals surface area contributed by atoms with Crippen molar-refractivity contribution >= 4 is 12.0 Å². The summed E-state index contributed by atoms with van der Waals surface area (Å²) in [5.41, 5.74) is 1.75. The van der Waals surface area contributed by atoms with Crippen molar-refractivity contribution in [3.05, 3.63) is 65.2 Å². The third-order valence-electron chi connectivity index (χ3n) is 3.65. The summed E-state index contributed by atoms with van der Waals surface area (Å²) in [6, 6.07) is 16.6. The van der Waals surface area contributed by atoms with Gasteiger partial charge in [-0.2, -0.15) is 5.26 Å². The molecule has 0 saturated carbocycles. The van der Waals surface area contributed by atoms with E-state index in [1.54, 1.807) is 12.1 Å². The van der Waals surface area contributed by atoms with E-state index in [2.05, 4.69) is 5.32 Å². The normalized spacial score (nSPS) is 10.8. The number of phenols is 1. The number of nitrogens with zero attached hydrogens (tertiary/aromatic N) is 1. The molecule has 0 unspecified atom stereocenters. The van der Waals surface area contributed by atoms with Crippen LogP contribution in [0.5, 0.6) is 11.5 Å². The molecule has 0 fully saturated rings. The van der Waals surface area contributed by atoms with Crippen LogP contribution in [0.2, 0.25) is 0 Å². The van der Waals surface area contributed by atoms with Gasteiger partial charge in [0.1, 0.15) is 11.6 Å². The number of carbonyl (C=O) groups is 1. The lowest BCUT2D eigenvalue weighted by Crippen LogP contribution is -2.25. The number of nitrogens with one attached hydrogen (secondary N) is 1. The molecule has 2 rings (SSSR count). The lowest BCUT2D eigenvalue weighted by atomic mass is 10.1. The Morgan fingerprint density at radius 3 is 2.68 bits per heavy atom. The number of nitriles is 1. The van der Waals surface area contributed by atoms with Gasteiger partial charge in [0.2, 0.25) is 0 Å². The molecule has 0 aliphatic carbocycles. The van der Waals surface area contributed by atoms with Crippen LogP contribution in [0.1, 0.15) is 17.5 Å². The smallest absolute Gasteiger partial charge is 0.261 e. The molecule has 0 saturated heterocycles.